The van der Waals surface area contributed by atoms with Crippen molar-refractivity contribution in [2.24, 2.45) is 0 Å². The lowest BCUT2D eigenvalue weighted by Gasteiger charge is -2.55. The first kappa shape index (κ1) is 19.5. The zero-order valence-electron chi connectivity index (χ0n) is 16.9. The maximum Gasteiger partial charge on any atom is 0.138 e. The van der Waals surface area contributed by atoms with Crippen molar-refractivity contribution >= 4 is 0 Å². The van der Waals surface area contributed by atoms with Crippen LogP contribution >= 0.6 is 0 Å². The summed E-state index contributed by atoms with van der Waals surface area (Å²) in [7, 11) is 0. The van der Waals surface area contributed by atoms with Gasteiger partial charge in [-0.1, -0.05) is 12.1 Å². The second-order valence-electron chi connectivity index (χ2n) is 7.87. The van der Waals surface area contributed by atoms with Crippen LogP contribution in [0.25, 0.3) is 5.69 Å². The molecule has 28 heavy (non-hydrogen) atoms. The Morgan fingerprint density at radius 3 is 2.79 bits per heavy atom. The third-order valence-electron chi connectivity index (χ3n) is 6.01. The summed E-state index contributed by atoms with van der Waals surface area (Å²) in [6.45, 7) is 10.6. The van der Waals surface area contributed by atoms with Gasteiger partial charge in [0, 0.05) is 38.3 Å². The highest BCUT2D eigenvalue weighted by Crippen LogP contribution is 2.40. The standard InChI is InChI=1S/C21H31N5O2/c1-3-28-19-11-21(12-19,25-6-8-27-9-7-25)14-22-13-18-4-5-20(17(2)10-18)26-16-23-15-24-26/h4-5,10,15-16,19,22H,3,6-9,11-14H2,1-2H3. The van der Waals surface area contributed by atoms with E-state index < -0.39 is 0 Å². The lowest BCUT2D eigenvalue weighted by molar-refractivity contribution is -0.125. The van der Waals surface area contributed by atoms with Gasteiger partial charge in [-0.15, -0.1) is 0 Å². The van der Waals surface area contributed by atoms with Crippen LogP contribution in [0.5, 0.6) is 0 Å². The normalized spacial score (nSPS) is 25.6. The zero-order valence-corrected chi connectivity index (χ0v) is 16.9. The van der Waals surface area contributed by atoms with Crippen LogP contribution in [0.2, 0.25) is 0 Å². The van der Waals surface area contributed by atoms with E-state index in [9.17, 15) is 0 Å². The molecule has 1 aromatic heterocycles. The van der Waals surface area contributed by atoms with Gasteiger partial charge in [0.25, 0.3) is 0 Å². The molecule has 2 aromatic rings. The van der Waals surface area contributed by atoms with Crippen molar-refractivity contribution in [3.05, 3.63) is 42.0 Å². The van der Waals surface area contributed by atoms with E-state index in [1.807, 2.05) is 4.68 Å². The van der Waals surface area contributed by atoms with Crippen LogP contribution in [-0.4, -0.2) is 70.8 Å². The molecule has 0 radical (unpaired) electrons. The fraction of sp³-hybridized carbons (Fsp3) is 0.619. The molecule has 1 saturated heterocycles. The largest absolute Gasteiger partial charge is 0.379 e. The van der Waals surface area contributed by atoms with Crippen LogP contribution in [0, 0.1) is 6.92 Å². The quantitative estimate of drug-likeness (QED) is 0.749. The molecule has 0 amide bonds. The van der Waals surface area contributed by atoms with Crippen molar-refractivity contribution in [1.82, 2.24) is 25.0 Å². The number of ether oxygens (including phenoxy) is 2. The van der Waals surface area contributed by atoms with Crippen LogP contribution in [0.15, 0.2) is 30.9 Å². The van der Waals surface area contributed by atoms with E-state index >= 15 is 0 Å². The Kier molecular flexibility index (Phi) is 6.06. The Morgan fingerprint density at radius 2 is 2.11 bits per heavy atom. The molecule has 1 N–H and O–H groups in total. The second kappa shape index (κ2) is 8.69. The molecule has 7 nitrogen and oxygen atoms in total. The number of aromatic nitrogens is 3. The minimum Gasteiger partial charge on any atom is -0.379 e. The Hall–Kier alpha value is -1.80. The van der Waals surface area contributed by atoms with Crippen molar-refractivity contribution in [1.29, 1.82) is 0 Å². The van der Waals surface area contributed by atoms with Crippen molar-refractivity contribution in [3.63, 3.8) is 0 Å². The average molecular weight is 386 g/mol. The number of aryl methyl sites for hydroxylation is 1. The molecule has 1 aliphatic carbocycles. The highest BCUT2D eigenvalue weighted by Gasteiger charge is 2.48. The number of hydrogen-bond donors (Lipinski definition) is 1. The highest BCUT2D eigenvalue weighted by molar-refractivity contribution is 5.41. The summed E-state index contributed by atoms with van der Waals surface area (Å²) >= 11 is 0. The number of nitrogens with one attached hydrogen (secondary N) is 1. The van der Waals surface area contributed by atoms with Gasteiger partial charge >= 0.3 is 0 Å². The number of hydrogen-bond acceptors (Lipinski definition) is 6. The first-order valence-electron chi connectivity index (χ1n) is 10.3. The van der Waals surface area contributed by atoms with Crippen molar-refractivity contribution < 1.29 is 9.47 Å². The summed E-state index contributed by atoms with van der Waals surface area (Å²) < 4.78 is 13.2. The first-order valence-corrected chi connectivity index (χ1v) is 10.3. The zero-order chi connectivity index (χ0) is 19.4. The molecule has 1 saturated carbocycles. The van der Waals surface area contributed by atoms with Gasteiger partial charge in [0.05, 0.1) is 25.0 Å². The van der Waals surface area contributed by atoms with Crippen molar-refractivity contribution in [2.45, 2.75) is 44.9 Å². The van der Waals surface area contributed by atoms with E-state index in [0.29, 0.717) is 6.10 Å². The molecule has 2 heterocycles. The van der Waals surface area contributed by atoms with E-state index in [2.05, 4.69) is 52.3 Å². The van der Waals surface area contributed by atoms with E-state index in [4.69, 9.17) is 9.47 Å². The van der Waals surface area contributed by atoms with Crippen molar-refractivity contribution in [2.75, 3.05) is 39.5 Å². The molecule has 0 unspecified atom stereocenters. The summed E-state index contributed by atoms with van der Waals surface area (Å²) in [4.78, 5) is 6.64. The van der Waals surface area contributed by atoms with Crippen LogP contribution in [0.3, 0.4) is 0 Å². The molecule has 2 aliphatic rings. The molecule has 7 heteroatoms. The summed E-state index contributed by atoms with van der Waals surface area (Å²) in [5, 5.41) is 7.94. The molecule has 1 aromatic carbocycles. The minimum absolute atomic E-state index is 0.208. The number of nitrogens with zero attached hydrogens (tertiary/aromatic N) is 4. The Balaban J connectivity index is 1.36. The van der Waals surface area contributed by atoms with Gasteiger partial charge in [-0.05, 0) is 43.9 Å². The third kappa shape index (κ3) is 4.12. The molecular weight excluding hydrogens is 354 g/mol. The fourth-order valence-corrected chi connectivity index (χ4v) is 4.55. The maximum absolute atomic E-state index is 5.85. The second-order valence-corrected chi connectivity index (χ2v) is 7.87. The predicted octanol–water partition coefficient (Wildman–Crippen LogP) is 1.94. The number of morpholine rings is 1. The Labute approximate surface area is 167 Å². The topological polar surface area (TPSA) is 64.4 Å². The van der Waals surface area contributed by atoms with Gasteiger partial charge in [0.1, 0.15) is 12.7 Å². The smallest absolute Gasteiger partial charge is 0.138 e. The van der Waals surface area contributed by atoms with Crippen LogP contribution in [-0.2, 0) is 16.0 Å². The lowest BCUT2D eigenvalue weighted by atomic mass is 9.72. The fourth-order valence-electron chi connectivity index (χ4n) is 4.55. The minimum atomic E-state index is 0.208. The molecular formula is C21H31N5O2. The Morgan fingerprint density at radius 1 is 1.29 bits per heavy atom. The van der Waals surface area contributed by atoms with Gasteiger partial charge in [0.2, 0.25) is 0 Å². The third-order valence-corrected chi connectivity index (χ3v) is 6.01. The van der Waals surface area contributed by atoms with E-state index in [0.717, 1.165) is 64.5 Å². The van der Waals surface area contributed by atoms with Crippen molar-refractivity contribution in [3.8, 4) is 5.69 Å². The van der Waals surface area contributed by atoms with Crippen LogP contribution < -0.4 is 5.32 Å². The summed E-state index contributed by atoms with van der Waals surface area (Å²) in [5.74, 6) is 0. The van der Waals surface area contributed by atoms with E-state index in [-0.39, 0.29) is 5.54 Å². The summed E-state index contributed by atoms with van der Waals surface area (Å²) in [6.07, 6.45) is 5.92. The summed E-state index contributed by atoms with van der Waals surface area (Å²) in [5.41, 5.74) is 3.77. The van der Waals surface area contributed by atoms with Crippen LogP contribution in [0.1, 0.15) is 30.9 Å². The van der Waals surface area contributed by atoms with E-state index in [1.165, 1.54) is 11.1 Å². The number of benzene rings is 1. The lowest BCUT2D eigenvalue weighted by Crippen LogP contribution is -2.66. The maximum atomic E-state index is 5.85. The van der Waals surface area contributed by atoms with E-state index in [1.54, 1.807) is 12.7 Å². The van der Waals surface area contributed by atoms with Gasteiger partial charge in [0.15, 0.2) is 0 Å². The van der Waals surface area contributed by atoms with Gasteiger partial charge < -0.3 is 14.8 Å². The van der Waals surface area contributed by atoms with Gasteiger partial charge in [-0.3, -0.25) is 4.90 Å². The monoisotopic (exact) mass is 385 g/mol. The predicted molar refractivity (Wildman–Crippen MR) is 108 cm³/mol. The molecule has 0 atom stereocenters. The molecule has 1 aliphatic heterocycles. The van der Waals surface area contributed by atoms with Crippen LogP contribution in [0.4, 0.5) is 0 Å². The van der Waals surface area contributed by atoms with Gasteiger partial charge in [-0.25, -0.2) is 9.67 Å². The molecule has 4 rings (SSSR count). The Bertz CT molecular complexity index is 752. The SMILES string of the molecule is CCOC1CC(CNCc2ccc(-n3cncn3)c(C)c2)(N2CCOCC2)C1. The van der Waals surface area contributed by atoms with Gasteiger partial charge in [-0.2, -0.15) is 5.10 Å². The highest BCUT2D eigenvalue weighted by atomic mass is 16.5. The number of rotatable bonds is 8. The molecule has 2 fully saturated rings. The summed E-state index contributed by atoms with van der Waals surface area (Å²) in [6, 6.07) is 6.52. The molecule has 152 valence electrons. The molecule has 0 spiro atoms. The molecule has 0 bridgehead atoms. The average Bonchev–Trinajstić information content (AvgIpc) is 3.21. The first-order chi connectivity index (χ1) is 13.7.